The first-order chi connectivity index (χ1) is 18.1. The number of fused-ring (bicyclic) bond motifs is 1. The Morgan fingerprint density at radius 3 is 2.68 bits per heavy atom. The predicted octanol–water partition coefficient (Wildman–Crippen LogP) is 6.19. The van der Waals surface area contributed by atoms with Crippen LogP contribution in [0, 0.1) is 17.1 Å². The molecule has 0 amide bonds. The molecule has 5 rings (SSSR count). The fourth-order valence-corrected chi connectivity index (χ4v) is 4.83. The van der Waals surface area contributed by atoms with Gasteiger partial charge < -0.3 is 9.88 Å². The molecule has 0 aliphatic carbocycles. The lowest BCUT2D eigenvalue weighted by Crippen LogP contribution is -2.21. The van der Waals surface area contributed by atoms with Crippen LogP contribution in [-0.2, 0) is 19.3 Å². The van der Waals surface area contributed by atoms with Gasteiger partial charge >= 0.3 is 6.18 Å². The van der Waals surface area contributed by atoms with E-state index in [1.807, 2.05) is 24.6 Å². The predicted molar refractivity (Wildman–Crippen MR) is 132 cm³/mol. The number of hydrogen-bond donors (Lipinski definition) is 1. The molecule has 0 bridgehead atoms. The summed E-state index contributed by atoms with van der Waals surface area (Å²) in [6.07, 6.45) is -0.565. The zero-order valence-electron chi connectivity index (χ0n) is 21.1. The van der Waals surface area contributed by atoms with Crippen LogP contribution in [0.4, 0.5) is 23.2 Å². The van der Waals surface area contributed by atoms with Crippen LogP contribution in [-0.4, -0.2) is 29.1 Å². The van der Waals surface area contributed by atoms with Gasteiger partial charge in [-0.15, -0.1) is 0 Å². The van der Waals surface area contributed by atoms with E-state index in [2.05, 4.69) is 21.5 Å². The average molecular weight is 527 g/mol. The van der Waals surface area contributed by atoms with E-state index in [4.69, 9.17) is 5.10 Å². The van der Waals surface area contributed by atoms with Crippen LogP contribution in [0.3, 0.4) is 0 Å². The van der Waals surface area contributed by atoms with Crippen molar-refractivity contribution < 1.29 is 17.6 Å². The minimum atomic E-state index is -4.61. The van der Waals surface area contributed by atoms with Crippen LogP contribution in [0.15, 0.2) is 36.7 Å². The summed E-state index contributed by atoms with van der Waals surface area (Å²) in [4.78, 5) is 3.66. The third-order valence-electron chi connectivity index (χ3n) is 6.64. The molecule has 1 unspecified atom stereocenters. The van der Waals surface area contributed by atoms with Gasteiger partial charge in [0.15, 0.2) is 5.69 Å². The van der Waals surface area contributed by atoms with Crippen molar-refractivity contribution in [2.45, 2.75) is 65.0 Å². The van der Waals surface area contributed by atoms with Gasteiger partial charge in [0.25, 0.3) is 0 Å². The van der Waals surface area contributed by atoms with E-state index in [9.17, 15) is 18.4 Å². The van der Waals surface area contributed by atoms with Crippen molar-refractivity contribution in [3.05, 3.63) is 59.4 Å². The molecule has 1 N–H and O–H groups in total. The summed E-state index contributed by atoms with van der Waals surface area (Å²) in [6.45, 7) is 6.56. The van der Waals surface area contributed by atoms with Crippen molar-refractivity contribution >= 4 is 5.69 Å². The zero-order valence-corrected chi connectivity index (χ0v) is 21.1. The van der Waals surface area contributed by atoms with Gasteiger partial charge in [-0.25, -0.2) is 9.37 Å². The largest absolute Gasteiger partial charge is 0.434 e. The van der Waals surface area contributed by atoms with E-state index < -0.39 is 17.7 Å². The van der Waals surface area contributed by atoms with Crippen molar-refractivity contribution in [1.82, 2.24) is 29.1 Å². The molecule has 1 aliphatic rings. The molecular formula is C26H26F4N8. The average Bonchev–Trinajstić information content (AvgIpc) is 3.59. The molecule has 1 aliphatic heterocycles. The standard InChI is InChI=1S/C26H26F4N8/c1-4-36-14-23(26(28,29)30)34-25(36)18-8-7-17(10-19(18)27)33-20-6-5-9-37-22(20)11-21(35-37)24-16(12-31)13-32-38(24)15(2)3/h7-8,10-11,13-15,20,33H,4-6,9H2,1-3H3. The first-order valence-electron chi connectivity index (χ1n) is 12.4. The zero-order chi connectivity index (χ0) is 27.2. The van der Waals surface area contributed by atoms with Crippen LogP contribution in [0.2, 0.25) is 0 Å². The van der Waals surface area contributed by atoms with Gasteiger partial charge in [-0.3, -0.25) is 9.36 Å². The first-order valence-corrected chi connectivity index (χ1v) is 12.4. The number of rotatable bonds is 6. The highest BCUT2D eigenvalue weighted by atomic mass is 19.4. The van der Waals surface area contributed by atoms with Gasteiger partial charge in [0.2, 0.25) is 0 Å². The van der Waals surface area contributed by atoms with Gasteiger partial charge in [-0.1, -0.05) is 0 Å². The molecule has 1 atom stereocenters. The molecule has 3 aromatic heterocycles. The molecule has 0 saturated carbocycles. The third-order valence-corrected chi connectivity index (χ3v) is 6.64. The molecule has 0 saturated heterocycles. The molecule has 1 aromatic carbocycles. The van der Waals surface area contributed by atoms with Gasteiger partial charge in [0, 0.05) is 31.0 Å². The van der Waals surface area contributed by atoms with E-state index >= 15 is 4.39 Å². The van der Waals surface area contributed by atoms with E-state index in [1.165, 1.54) is 22.9 Å². The summed E-state index contributed by atoms with van der Waals surface area (Å²) in [6, 6.07) is 8.33. The smallest absolute Gasteiger partial charge is 0.377 e. The topological polar surface area (TPSA) is 89.3 Å². The number of hydrogen-bond acceptors (Lipinski definition) is 5. The van der Waals surface area contributed by atoms with Crippen LogP contribution in [0.25, 0.3) is 22.8 Å². The number of halogens is 4. The van der Waals surface area contributed by atoms with Crippen molar-refractivity contribution in [2.75, 3.05) is 5.32 Å². The minimum absolute atomic E-state index is 0.00477. The quantitative estimate of drug-likeness (QED) is 0.303. The highest BCUT2D eigenvalue weighted by Crippen LogP contribution is 2.35. The molecule has 0 spiro atoms. The summed E-state index contributed by atoms with van der Waals surface area (Å²) in [7, 11) is 0. The van der Waals surface area contributed by atoms with Crippen LogP contribution in [0.5, 0.6) is 0 Å². The van der Waals surface area contributed by atoms with Gasteiger partial charge in [0.05, 0.1) is 29.1 Å². The number of aromatic nitrogens is 6. The Bertz CT molecular complexity index is 1520. The van der Waals surface area contributed by atoms with Crippen molar-refractivity contribution in [3.8, 4) is 28.8 Å². The van der Waals surface area contributed by atoms with Crippen LogP contribution in [0.1, 0.15) is 62.6 Å². The fraction of sp³-hybridized carbons (Fsp3) is 0.385. The third kappa shape index (κ3) is 4.53. The molecule has 0 fully saturated rings. The molecule has 8 nitrogen and oxygen atoms in total. The van der Waals surface area contributed by atoms with Gasteiger partial charge in [0.1, 0.15) is 29.1 Å². The molecular weight excluding hydrogens is 500 g/mol. The van der Waals surface area contributed by atoms with Crippen molar-refractivity contribution in [1.29, 1.82) is 5.26 Å². The monoisotopic (exact) mass is 526 g/mol. The summed E-state index contributed by atoms with van der Waals surface area (Å²) < 4.78 is 59.6. The Labute approximate surface area is 216 Å². The van der Waals surface area contributed by atoms with Crippen LogP contribution >= 0.6 is 0 Å². The number of nitrogens with zero attached hydrogens (tertiary/aromatic N) is 7. The van der Waals surface area contributed by atoms with E-state index in [0.29, 0.717) is 29.2 Å². The second kappa shape index (κ2) is 9.63. The molecule has 4 aromatic rings. The van der Waals surface area contributed by atoms with Crippen molar-refractivity contribution in [2.24, 2.45) is 0 Å². The van der Waals surface area contributed by atoms with Crippen molar-refractivity contribution in [3.63, 3.8) is 0 Å². The lowest BCUT2D eigenvalue weighted by molar-refractivity contribution is -0.140. The number of nitriles is 1. The summed E-state index contributed by atoms with van der Waals surface area (Å²) in [5.74, 6) is -0.743. The lowest BCUT2D eigenvalue weighted by atomic mass is 10.0. The number of nitrogens with one attached hydrogen (secondary N) is 1. The number of alkyl halides is 3. The number of aryl methyl sites for hydroxylation is 2. The maximum absolute atomic E-state index is 15.2. The highest BCUT2D eigenvalue weighted by molar-refractivity contribution is 5.65. The van der Waals surface area contributed by atoms with Crippen LogP contribution < -0.4 is 5.32 Å². The lowest BCUT2D eigenvalue weighted by Gasteiger charge is -2.25. The fourth-order valence-electron chi connectivity index (χ4n) is 4.83. The summed E-state index contributed by atoms with van der Waals surface area (Å²) in [5, 5.41) is 22.0. The Morgan fingerprint density at radius 2 is 2.03 bits per heavy atom. The second-order valence-electron chi connectivity index (χ2n) is 9.50. The van der Waals surface area contributed by atoms with Gasteiger partial charge in [-0.05, 0) is 57.9 Å². The van der Waals surface area contributed by atoms with Gasteiger partial charge in [-0.2, -0.15) is 28.6 Å². The Morgan fingerprint density at radius 1 is 1.24 bits per heavy atom. The van der Waals surface area contributed by atoms with E-state index in [0.717, 1.165) is 24.7 Å². The maximum Gasteiger partial charge on any atom is 0.434 e. The molecule has 198 valence electrons. The summed E-state index contributed by atoms with van der Waals surface area (Å²) in [5.41, 5.74) is 2.06. The maximum atomic E-state index is 15.2. The number of anilines is 1. The molecule has 38 heavy (non-hydrogen) atoms. The first kappa shape index (κ1) is 25.5. The SMILES string of the molecule is CCn1cc(C(F)(F)F)nc1-c1ccc(NC2CCCn3nc(-c4c(C#N)cnn4C(C)C)cc32)cc1F. The minimum Gasteiger partial charge on any atom is -0.377 e. The highest BCUT2D eigenvalue weighted by Gasteiger charge is 2.35. The molecule has 4 heterocycles. The Balaban J connectivity index is 1.44. The second-order valence-corrected chi connectivity index (χ2v) is 9.50. The molecule has 0 radical (unpaired) electrons. The van der Waals surface area contributed by atoms with E-state index in [-0.39, 0.29) is 30.0 Å². The van der Waals surface area contributed by atoms with E-state index in [1.54, 1.807) is 17.7 Å². The summed E-state index contributed by atoms with van der Waals surface area (Å²) >= 11 is 0. The number of imidazole rings is 1. The Hall–Kier alpha value is -4.14. The number of benzene rings is 1. The molecule has 12 heteroatoms. The normalized spacial score (nSPS) is 15.5. The Kier molecular flexibility index (Phi) is 6.46.